The van der Waals surface area contributed by atoms with Gasteiger partial charge >= 0.3 is 5.97 Å². The van der Waals surface area contributed by atoms with E-state index < -0.39 is 36.7 Å². The minimum Gasteiger partial charge on any atom is -0.508 e. The van der Waals surface area contributed by atoms with Crippen LogP contribution in [0, 0.1) is 0 Å². The summed E-state index contributed by atoms with van der Waals surface area (Å²) in [5, 5.41) is 40.1. The van der Waals surface area contributed by atoms with E-state index in [9.17, 15) is 30.0 Å². The Kier molecular flexibility index (Phi) is 6.34. The Labute approximate surface area is 187 Å². The Bertz CT molecular complexity index is 1200. The predicted octanol–water partition coefficient (Wildman–Crippen LogP) is 0.915. The van der Waals surface area contributed by atoms with Crippen LogP contribution in [-0.4, -0.2) is 63.7 Å². The first-order valence-corrected chi connectivity index (χ1v) is 10.1. The van der Waals surface area contributed by atoms with Crippen LogP contribution in [0.3, 0.4) is 0 Å². The zero-order valence-electron chi connectivity index (χ0n) is 17.5. The summed E-state index contributed by atoms with van der Waals surface area (Å²) in [4.78, 5) is 23.9. The van der Waals surface area contributed by atoms with Gasteiger partial charge in [-0.3, -0.25) is 9.59 Å². The Morgan fingerprint density at radius 1 is 1.03 bits per heavy atom. The molecule has 2 aromatic carbocycles. The van der Waals surface area contributed by atoms with Gasteiger partial charge in [-0.15, -0.1) is 0 Å². The second-order valence-corrected chi connectivity index (χ2v) is 7.62. The zero-order chi connectivity index (χ0) is 23.7. The average Bonchev–Trinajstić information content (AvgIpc) is 2.79. The van der Waals surface area contributed by atoms with Crippen LogP contribution in [0.25, 0.3) is 22.1 Å². The molecule has 2 heterocycles. The van der Waals surface area contributed by atoms with Gasteiger partial charge in [-0.2, -0.15) is 0 Å². The number of phenolic OH excluding ortho intramolecular Hbond substituents is 1. The zero-order valence-corrected chi connectivity index (χ0v) is 17.5. The van der Waals surface area contributed by atoms with Gasteiger partial charge in [0, 0.05) is 13.0 Å². The van der Waals surface area contributed by atoms with E-state index in [1.807, 2.05) is 0 Å². The molecular weight excluding hydrogens is 436 g/mol. The van der Waals surface area contributed by atoms with Gasteiger partial charge in [0.05, 0.1) is 10.9 Å². The van der Waals surface area contributed by atoms with Gasteiger partial charge in [-0.25, -0.2) is 0 Å². The molecule has 0 bridgehead atoms. The molecule has 10 nitrogen and oxygen atoms in total. The summed E-state index contributed by atoms with van der Waals surface area (Å²) >= 11 is 0. The summed E-state index contributed by atoms with van der Waals surface area (Å²) in [6.07, 6.45) is -5.90. The first kappa shape index (κ1) is 22.7. The molecule has 174 valence electrons. The van der Waals surface area contributed by atoms with Crippen LogP contribution in [0.1, 0.15) is 6.92 Å². The third-order valence-corrected chi connectivity index (χ3v) is 5.30. The number of benzene rings is 2. The van der Waals surface area contributed by atoms with Crippen molar-refractivity contribution in [2.75, 3.05) is 6.61 Å². The van der Waals surface area contributed by atoms with E-state index in [0.29, 0.717) is 11.1 Å². The number of hydrogen-bond donors (Lipinski definition) is 4. The van der Waals surface area contributed by atoms with Crippen LogP contribution in [-0.2, 0) is 14.3 Å². The van der Waals surface area contributed by atoms with Crippen molar-refractivity contribution in [3.05, 3.63) is 59.0 Å². The highest BCUT2D eigenvalue weighted by molar-refractivity contribution is 5.82. The number of esters is 1. The van der Waals surface area contributed by atoms with Crippen LogP contribution in [0.4, 0.5) is 0 Å². The maximum Gasteiger partial charge on any atom is 0.302 e. The molecule has 0 amide bonds. The van der Waals surface area contributed by atoms with E-state index >= 15 is 0 Å². The van der Waals surface area contributed by atoms with Gasteiger partial charge in [0.1, 0.15) is 54.4 Å². The number of phenols is 1. The third kappa shape index (κ3) is 4.69. The molecule has 0 saturated carbocycles. The highest BCUT2D eigenvalue weighted by Crippen LogP contribution is 2.28. The molecule has 4 rings (SSSR count). The molecule has 1 fully saturated rings. The number of aromatic hydroxyl groups is 1. The van der Waals surface area contributed by atoms with E-state index in [2.05, 4.69) is 0 Å². The van der Waals surface area contributed by atoms with Gasteiger partial charge in [-0.1, -0.05) is 12.1 Å². The van der Waals surface area contributed by atoms with Gasteiger partial charge < -0.3 is 39.1 Å². The summed E-state index contributed by atoms with van der Waals surface area (Å²) < 4.78 is 21.5. The maximum atomic E-state index is 12.9. The highest BCUT2D eigenvalue weighted by atomic mass is 16.7. The Morgan fingerprint density at radius 3 is 2.45 bits per heavy atom. The van der Waals surface area contributed by atoms with Crippen LogP contribution < -0.4 is 10.2 Å². The molecule has 33 heavy (non-hydrogen) atoms. The van der Waals surface area contributed by atoms with Crippen LogP contribution in [0.15, 0.2) is 57.9 Å². The van der Waals surface area contributed by atoms with Crippen molar-refractivity contribution in [3.8, 4) is 22.6 Å². The molecule has 5 atom stereocenters. The first-order valence-electron chi connectivity index (χ1n) is 10.1. The van der Waals surface area contributed by atoms with Crippen molar-refractivity contribution in [3.63, 3.8) is 0 Å². The smallest absolute Gasteiger partial charge is 0.302 e. The second-order valence-electron chi connectivity index (χ2n) is 7.62. The van der Waals surface area contributed by atoms with Gasteiger partial charge in [0.25, 0.3) is 0 Å². The predicted molar refractivity (Wildman–Crippen MR) is 114 cm³/mol. The number of hydrogen-bond acceptors (Lipinski definition) is 10. The number of fused-ring (bicyclic) bond motifs is 1. The molecule has 1 aliphatic rings. The molecular formula is C23H22O10. The van der Waals surface area contributed by atoms with Crippen molar-refractivity contribution >= 4 is 16.9 Å². The molecule has 1 aliphatic heterocycles. The Balaban J connectivity index is 1.57. The molecule has 0 unspecified atom stereocenters. The van der Waals surface area contributed by atoms with E-state index in [1.54, 1.807) is 12.1 Å². The second kappa shape index (κ2) is 9.20. The molecule has 0 aliphatic carbocycles. The summed E-state index contributed by atoms with van der Waals surface area (Å²) in [5.41, 5.74) is 0.811. The lowest BCUT2D eigenvalue weighted by Crippen LogP contribution is -2.60. The van der Waals surface area contributed by atoms with Gasteiger partial charge in [-0.05, 0) is 29.8 Å². The Morgan fingerprint density at radius 2 is 1.76 bits per heavy atom. The first-order chi connectivity index (χ1) is 15.7. The lowest BCUT2D eigenvalue weighted by atomic mass is 9.99. The largest absolute Gasteiger partial charge is 0.508 e. The minimum absolute atomic E-state index is 0.0746. The molecule has 10 heteroatoms. The minimum atomic E-state index is -1.60. The monoisotopic (exact) mass is 458 g/mol. The molecule has 1 aromatic heterocycles. The van der Waals surface area contributed by atoms with Gasteiger partial charge in [0.2, 0.25) is 6.29 Å². The highest BCUT2D eigenvalue weighted by Gasteiger charge is 2.45. The van der Waals surface area contributed by atoms with E-state index in [-0.39, 0.29) is 34.5 Å². The van der Waals surface area contributed by atoms with Crippen molar-refractivity contribution in [2.45, 2.75) is 37.6 Å². The third-order valence-electron chi connectivity index (χ3n) is 5.30. The fourth-order valence-corrected chi connectivity index (χ4v) is 3.51. The van der Waals surface area contributed by atoms with Gasteiger partial charge in [0.15, 0.2) is 5.43 Å². The number of aliphatic hydroxyl groups excluding tert-OH is 3. The normalized spacial score (nSPS) is 25.0. The van der Waals surface area contributed by atoms with Crippen molar-refractivity contribution in [1.82, 2.24) is 0 Å². The Hall–Kier alpha value is -3.44. The maximum absolute atomic E-state index is 12.9. The summed E-state index contributed by atoms with van der Waals surface area (Å²) in [6.45, 7) is 0.844. The SMILES string of the molecule is CC(=O)OC[C@H]1O[C@H](Oc2ccc3c(=O)c(-c4ccc(O)cc4)coc3c2)[C@H](O)[C@@H](O)[C@@H]1O. The fraction of sp³-hybridized carbons (Fsp3) is 0.304. The van der Waals surface area contributed by atoms with Crippen molar-refractivity contribution in [1.29, 1.82) is 0 Å². The standard InChI is InChI=1S/C23H22O10/c1-11(24)30-10-18-20(27)21(28)22(29)23(33-18)32-14-6-7-15-17(8-14)31-9-16(19(15)26)12-2-4-13(25)5-3-12/h2-9,18,20-23,25,27-29H,10H2,1H3/t18-,20-,21+,22-,23+/m1/s1. The van der Waals surface area contributed by atoms with E-state index in [1.165, 1.54) is 43.5 Å². The van der Waals surface area contributed by atoms with Crippen LogP contribution >= 0.6 is 0 Å². The summed E-state index contributed by atoms with van der Waals surface area (Å²) in [7, 11) is 0. The van der Waals surface area contributed by atoms with Crippen molar-refractivity contribution < 1.29 is 43.8 Å². The van der Waals surface area contributed by atoms with E-state index in [4.69, 9.17) is 18.6 Å². The number of carbonyl (C=O) groups is 1. The molecule has 0 spiro atoms. The summed E-state index contributed by atoms with van der Waals surface area (Å²) in [6, 6.07) is 10.5. The van der Waals surface area contributed by atoms with Crippen LogP contribution in [0.5, 0.6) is 11.5 Å². The quantitative estimate of drug-likeness (QED) is 0.405. The lowest BCUT2D eigenvalue weighted by molar-refractivity contribution is -0.278. The number of carbonyl (C=O) groups excluding carboxylic acids is 1. The molecule has 4 N–H and O–H groups in total. The topological polar surface area (TPSA) is 156 Å². The molecule has 0 radical (unpaired) electrons. The van der Waals surface area contributed by atoms with E-state index in [0.717, 1.165) is 0 Å². The molecule has 3 aromatic rings. The summed E-state index contributed by atoms with van der Waals surface area (Å²) in [5.74, 6) is -0.354. The van der Waals surface area contributed by atoms with Crippen molar-refractivity contribution in [2.24, 2.45) is 0 Å². The average molecular weight is 458 g/mol. The number of ether oxygens (including phenoxy) is 3. The number of aliphatic hydroxyl groups is 3. The lowest BCUT2D eigenvalue weighted by Gasteiger charge is -2.39. The fourth-order valence-electron chi connectivity index (χ4n) is 3.51. The number of rotatable bonds is 5. The molecule has 1 saturated heterocycles. The van der Waals surface area contributed by atoms with Crippen LogP contribution in [0.2, 0.25) is 0 Å².